The Kier molecular flexibility index (Phi) is 10.0. The van der Waals surface area contributed by atoms with E-state index in [0.717, 1.165) is 65.4 Å². The average molecular weight is 604 g/mol. The lowest BCUT2D eigenvalue weighted by molar-refractivity contribution is -0.148. The lowest BCUT2D eigenvalue weighted by atomic mass is 9.83. The van der Waals surface area contributed by atoms with Crippen molar-refractivity contribution in [2.45, 2.75) is 72.3 Å². The molecule has 4 rings (SSSR count). The normalized spacial score (nSPS) is 12.8. The summed E-state index contributed by atoms with van der Waals surface area (Å²) in [5.41, 5.74) is 8.91. The van der Waals surface area contributed by atoms with Crippen molar-refractivity contribution >= 4 is 32.6 Å². The van der Waals surface area contributed by atoms with Crippen LogP contribution in [0.5, 0.6) is 0 Å². The molecule has 0 radical (unpaired) electrons. The molecule has 7 nitrogen and oxygen atoms in total. The van der Waals surface area contributed by atoms with Gasteiger partial charge in [0.05, 0.1) is 18.3 Å². The molecule has 1 aromatic heterocycles. The Hall–Kier alpha value is -3.62. The molecular formula is C35H45N3O4S. The first-order valence-corrected chi connectivity index (χ1v) is 16.9. The second kappa shape index (κ2) is 13.3. The second-order valence-corrected chi connectivity index (χ2v) is 13.9. The van der Waals surface area contributed by atoms with Crippen molar-refractivity contribution in [3.8, 4) is 11.3 Å². The van der Waals surface area contributed by atoms with Crippen LogP contribution in [0.2, 0.25) is 0 Å². The van der Waals surface area contributed by atoms with Crippen molar-refractivity contribution in [3.05, 3.63) is 88.5 Å². The summed E-state index contributed by atoms with van der Waals surface area (Å²) < 4.78 is 30.8. The molecule has 0 fully saturated rings. The summed E-state index contributed by atoms with van der Waals surface area (Å²) in [6, 6.07) is 20.7. The number of aryl methyl sites for hydroxylation is 3. The maximum absolute atomic E-state index is 12.8. The molecule has 0 saturated carbocycles. The Labute approximate surface area is 256 Å². The fourth-order valence-electron chi connectivity index (χ4n) is 5.57. The van der Waals surface area contributed by atoms with Crippen LogP contribution >= 0.6 is 0 Å². The van der Waals surface area contributed by atoms with Gasteiger partial charge in [-0.25, -0.2) is 8.42 Å². The fraction of sp³-hybridized carbons (Fsp3) is 0.400. The first-order chi connectivity index (χ1) is 20.3. The second-order valence-electron chi connectivity index (χ2n) is 12.2. The number of ether oxygens (including phenoxy) is 1. The number of fused-ring (bicyclic) bond motifs is 1. The average Bonchev–Trinajstić information content (AvgIpc) is 3.29. The monoisotopic (exact) mass is 603 g/mol. The number of esters is 1. The van der Waals surface area contributed by atoms with Crippen LogP contribution in [0.4, 0.5) is 5.69 Å². The molecule has 1 atom stereocenters. The topological polar surface area (TPSA) is 100 Å². The Morgan fingerprint density at radius 1 is 0.977 bits per heavy atom. The van der Waals surface area contributed by atoms with Crippen LogP contribution in [0.15, 0.2) is 60.7 Å². The standard InChI is InChI=1S/C35H45N3O4S/c1-8-42-34(39)35(5,6)28-13-16-32-31(22-28)30(33(37-32)27-20-23(2)19-24(3)21-27)17-18-36-25(4)9-10-26-11-14-29(15-12-26)38-43(7,40)41/h11-16,19-22,25,36-38H,8-10,17-18H2,1-7H3. The van der Waals surface area contributed by atoms with E-state index >= 15 is 0 Å². The molecule has 0 bridgehead atoms. The van der Waals surface area contributed by atoms with Gasteiger partial charge in [0.25, 0.3) is 0 Å². The quantitative estimate of drug-likeness (QED) is 0.146. The van der Waals surface area contributed by atoms with Crippen molar-refractivity contribution in [2.75, 3.05) is 24.1 Å². The number of sulfonamides is 1. The molecule has 8 heteroatoms. The highest BCUT2D eigenvalue weighted by molar-refractivity contribution is 7.92. The number of hydrogen-bond donors (Lipinski definition) is 3. The number of benzene rings is 3. The highest BCUT2D eigenvalue weighted by atomic mass is 32.2. The molecule has 43 heavy (non-hydrogen) atoms. The number of H-pyrrole nitrogens is 1. The van der Waals surface area contributed by atoms with E-state index in [1.807, 2.05) is 39.0 Å². The van der Waals surface area contributed by atoms with E-state index in [-0.39, 0.29) is 5.97 Å². The molecule has 0 aliphatic rings. The molecule has 3 aromatic carbocycles. The third kappa shape index (κ3) is 8.27. The van der Waals surface area contributed by atoms with Crippen LogP contribution in [-0.4, -0.2) is 44.8 Å². The third-order valence-electron chi connectivity index (χ3n) is 7.91. The highest BCUT2D eigenvalue weighted by Crippen LogP contribution is 2.35. The smallest absolute Gasteiger partial charge is 0.315 e. The molecule has 0 spiro atoms. The van der Waals surface area contributed by atoms with Gasteiger partial charge >= 0.3 is 5.97 Å². The number of anilines is 1. The minimum Gasteiger partial charge on any atom is -0.465 e. The van der Waals surface area contributed by atoms with Gasteiger partial charge in [0.15, 0.2) is 0 Å². The van der Waals surface area contributed by atoms with E-state index in [4.69, 9.17) is 4.74 Å². The SMILES string of the molecule is CCOC(=O)C(C)(C)c1ccc2[nH]c(-c3cc(C)cc(C)c3)c(CCNC(C)CCc3ccc(NS(C)(=O)=O)cc3)c2c1. The zero-order valence-corrected chi connectivity index (χ0v) is 27.2. The van der Waals surface area contributed by atoms with Gasteiger partial charge in [0, 0.05) is 28.3 Å². The van der Waals surface area contributed by atoms with E-state index in [2.05, 4.69) is 66.1 Å². The van der Waals surface area contributed by atoms with Gasteiger partial charge in [0.2, 0.25) is 10.0 Å². The van der Waals surface area contributed by atoms with Crippen molar-refractivity contribution < 1.29 is 17.9 Å². The van der Waals surface area contributed by atoms with Crippen LogP contribution in [-0.2, 0) is 37.8 Å². The fourth-order valence-corrected chi connectivity index (χ4v) is 6.14. The van der Waals surface area contributed by atoms with Crippen LogP contribution < -0.4 is 10.0 Å². The minimum atomic E-state index is -3.28. The van der Waals surface area contributed by atoms with Gasteiger partial charge in [0.1, 0.15) is 0 Å². The summed E-state index contributed by atoms with van der Waals surface area (Å²) in [5, 5.41) is 4.83. The number of aromatic amines is 1. The number of rotatable bonds is 13. The van der Waals surface area contributed by atoms with Gasteiger partial charge in [-0.3, -0.25) is 9.52 Å². The first-order valence-electron chi connectivity index (χ1n) is 15.0. The molecule has 4 aromatic rings. The van der Waals surface area contributed by atoms with Crippen molar-refractivity contribution in [1.82, 2.24) is 10.3 Å². The molecule has 0 aliphatic carbocycles. The van der Waals surface area contributed by atoms with Gasteiger partial charge < -0.3 is 15.0 Å². The Morgan fingerprint density at radius 2 is 1.65 bits per heavy atom. The molecule has 1 heterocycles. The highest BCUT2D eigenvalue weighted by Gasteiger charge is 2.32. The summed E-state index contributed by atoms with van der Waals surface area (Å²) in [5.74, 6) is -0.224. The predicted molar refractivity (Wildman–Crippen MR) is 177 cm³/mol. The van der Waals surface area contributed by atoms with E-state index in [1.54, 1.807) is 12.1 Å². The summed E-state index contributed by atoms with van der Waals surface area (Å²) >= 11 is 0. The maximum atomic E-state index is 12.8. The van der Waals surface area contributed by atoms with E-state index in [0.29, 0.717) is 18.3 Å². The number of hydrogen-bond acceptors (Lipinski definition) is 5. The van der Waals surface area contributed by atoms with E-state index in [9.17, 15) is 13.2 Å². The number of aromatic nitrogens is 1. The largest absolute Gasteiger partial charge is 0.465 e. The van der Waals surface area contributed by atoms with Gasteiger partial charge in [-0.1, -0.05) is 35.4 Å². The predicted octanol–water partition coefficient (Wildman–Crippen LogP) is 6.82. The summed E-state index contributed by atoms with van der Waals surface area (Å²) in [7, 11) is -3.28. The van der Waals surface area contributed by atoms with E-state index < -0.39 is 15.4 Å². The molecule has 3 N–H and O–H groups in total. The van der Waals surface area contributed by atoms with Crippen molar-refractivity contribution in [3.63, 3.8) is 0 Å². The Bertz CT molecular complexity index is 1670. The third-order valence-corrected chi connectivity index (χ3v) is 8.52. The van der Waals surface area contributed by atoms with E-state index in [1.165, 1.54) is 16.7 Å². The van der Waals surface area contributed by atoms with Crippen molar-refractivity contribution in [2.24, 2.45) is 0 Å². The zero-order chi connectivity index (χ0) is 31.4. The van der Waals surface area contributed by atoms with Crippen LogP contribution in [0.25, 0.3) is 22.2 Å². The molecule has 0 saturated heterocycles. The van der Waals surface area contributed by atoms with Gasteiger partial charge in [-0.2, -0.15) is 0 Å². The Morgan fingerprint density at radius 3 is 2.28 bits per heavy atom. The maximum Gasteiger partial charge on any atom is 0.315 e. The Balaban J connectivity index is 1.53. The van der Waals surface area contributed by atoms with Crippen LogP contribution in [0.3, 0.4) is 0 Å². The van der Waals surface area contributed by atoms with Gasteiger partial charge in [-0.15, -0.1) is 0 Å². The molecule has 0 aliphatic heterocycles. The lowest BCUT2D eigenvalue weighted by Crippen LogP contribution is -2.31. The minimum absolute atomic E-state index is 0.224. The molecule has 1 unspecified atom stereocenters. The van der Waals surface area contributed by atoms with Crippen molar-refractivity contribution in [1.29, 1.82) is 0 Å². The molecule has 230 valence electrons. The first kappa shape index (κ1) is 32.3. The van der Waals surface area contributed by atoms with Gasteiger partial charge in [-0.05, 0) is 126 Å². The molecular weight excluding hydrogens is 558 g/mol. The zero-order valence-electron chi connectivity index (χ0n) is 26.4. The van der Waals surface area contributed by atoms with Crippen LogP contribution in [0.1, 0.15) is 61.9 Å². The number of nitrogens with one attached hydrogen (secondary N) is 3. The summed E-state index contributed by atoms with van der Waals surface area (Å²) in [4.78, 5) is 16.5. The lowest BCUT2D eigenvalue weighted by Gasteiger charge is -2.23. The van der Waals surface area contributed by atoms with Crippen LogP contribution in [0, 0.1) is 13.8 Å². The molecule has 0 amide bonds. The summed E-state index contributed by atoms with van der Waals surface area (Å²) in [6.45, 7) is 13.3. The number of carbonyl (C=O) groups excluding carboxylic acids is 1. The summed E-state index contributed by atoms with van der Waals surface area (Å²) in [6.07, 6.45) is 3.81. The number of carbonyl (C=O) groups is 1.